The Morgan fingerprint density at radius 1 is 0.871 bits per heavy atom. The molecule has 8 nitrogen and oxygen atoms in total. The maximum absolute atomic E-state index is 5.10. The van der Waals surface area contributed by atoms with E-state index in [-0.39, 0.29) is 12.4 Å². The largest absolute Gasteiger partial charge is 0.353 e. The maximum Gasteiger partial charge on any atom is 0.229 e. The predicted octanol–water partition coefficient (Wildman–Crippen LogP) is 2.38. The summed E-state index contributed by atoms with van der Waals surface area (Å²) < 4.78 is 1.89. The van der Waals surface area contributed by atoms with Crippen LogP contribution in [0.15, 0.2) is 6.20 Å². The molecule has 2 aromatic heterocycles. The van der Waals surface area contributed by atoms with E-state index >= 15 is 0 Å². The van der Waals surface area contributed by atoms with Gasteiger partial charge in [-0.3, -0.25) is 9.58 Å². The zero-order valence-corrected chi connectivity index (χ0v) is 19.9. The number of halogens is 1. The van der Waals surface area contributed by atoms with E-state index in [9.17, 15) is 0 Å². The van der Waals surface area contributed by atoms with Crippen LogP contribution in [0.1, 0.15) is 39.0 Å². The van der Waals surface area contributed by atoms with Gasteiger partial charge in [-0.1, -0.05) is 26.2 Å². The van der Waals surface area contributed by atoms with Gasteiger partial charge in [-0.2, -0.15) is 15.1 Å². The van der Waals surface area contributed by atoms with Gasteiger partial charge in [-0.15, -0.1) is 12.4 Å². The Kier molecular flexibility index (Phi) is 7.19. The zero-order chi connectivity index (χ0) is 20.5. The molecular formula is C22H37ClN8. The average Bonchev–Trinajstić information content (AvgIpc) is 3.20. The van der Waals surface area contributed by atoms with Crippen LogP contribution in [-0.4, -0.2) is 94.5 Å². The molecule has 0 radical (unpaired) electrons. The molecule has 172 valence electrons. The fourth-order valence-electron chi connectivity index (χ4n) is 5.39. The molecule has 0 N–H and O–H groups in total. The molecule has 0 bridgehead atoms. The van der Waals surface area contributed by atoms with Crippen LogP contribution >= 0.6 is 12.4 Å². The Morgan fingerprint density at radius 3 is 2.23 bits per heavy atom. The minimum Gasteiger partial charge on any atom is -0.353 e. The number of fused-ring (bicyclic) bond motifs is 1. The molecule has 0 unspecified atom stereocenters. The molecule has 1 saturated carbocycles. The number of rotatable bonds is 4. The lowest BCUT2D eigenvalue weighted by molar-refractivity contribution is 0.147. The van der Waals surface area contributed by atoms with Gasteiger partial charge in [-0.05, 0) is 19.4 Å². The van der Waals surface area contributed by atoms with Crippen molar-refractivity contribution in [2.24, 2.45) is 7.05 Å². The van der Waals surface area contributed by atoms with E-state index in [1.165, 1.54) is 32.1 Å². The number of piperazine rings is 2. The number of anilines is 2. The molecule has 2 saturated heterocycles. The van der Waals surface area contributed by atoms with Crippen LogP contribution in [0.4, 0.5) is 11.8 Å². The third kappa shape index (κ3) is 4.61. The third-order valence-corrected chi connectivity index (χ3v) is 7.37. The fourth-order valence-corrected chi connectivity index (χ4v) is 5.39. The van der Waals surface area contributed by atoms with Gasteiger partial charge in [0, 0.05) is 65.4 Å². The van der Waals surface area contributed by atoms with Crippen molar-refractivity contribution in [2.45, 2.75) is 45.1 Å². The molecule has 3 aliphatic rings. The van der Waals surface area contributed by atoms with E-state index < -0.39 is 0 Å². The lowest BCUT2D eigenvalue weighted by Gasteiger charge is -2.41. The first-order chi connectivity index (χ1) is 14.7. The van der Waals surface area contributed by atoms with Gasteiger partial charge in [0.2, 0.25) is 5.95 Å². The molecule has 0 atom stereocenters. The first-order valence-electron chi connectivity index (χ1n) is 11.9. The van der Waals surface area contributed by atoms with Crippen molar-refractivity contribution in [3.63, 3.8) is 0 Å². The molecule has 3 fully saturated rings. The van der Waals surface area contributed by atoms with Gasteiger partial charge >= 0.3 is 0 Å². The molecule has 0 amide bonds. The van der Waals surface area contributed by atoms with E-state index in [2.05, 4.69) is 31.6 Å². The predicted molar refractivity (Wildman–Crippen MR) is 129 cm³/mol. The number of likely N-dealkylation sites (N-methyl/N-ethyl adjacent to an activating group) is 1. The van der Waals surface area contributed by atoms with Crippen LogP contribution in [0.5, 0.6) is 0 Å². The van der Waals surface area contributed by atoms with E-state index in [1.54, 1.807) is 0 Å². The summed E-state index contributed by atoms with van der Waals surface area (Å²) in [4.78, 5) is 20.1. The zero-order valence-electron chi connectivity index (χ0n) is 19.0. The van der Waals surface area contributed by atoms with E-state index in [0.29, 0.717) is 0 Å². The maximum atomic E-state index is 5.10. The Hall–Kier alpha value is -1.64. The summed E-state index contributed by atoms with van der Waals surface area (Å²) in [6.45, 7) is 11.9. The molecule has 2 aromatic rings. The van der Waals surface area contributed by atoms with Gasteiger partial charge in [0.05, 0.1) is 11.6 Å². The number of aromatic nitrogens is 4. The molecule has 4 heterocycles. The first-order valence-corrected chi connectivity index (χ1v) is 11.9. The summed E-state index contributed by atoms with van der Waals surface area (Å²) in [6, 6.07) is 0.798. The minimum absolute atomic E-state index is 0. The molecule has 2 aliphatic heterocycles. The molecule has 0 spiro atoms. The van der Waals surface area contributed by atoms with Crippen molar-refractivity contribution < 1.29 is 0 Å². The molecule has 9 heteroatoms. The Morgan fingerprint density at radius 2 is 1.55 bits per heavy atom. The normalized spacial score (nSPS) is 22.1. The Labute approximate surface area is 192 Å². The summed E-state index contributed by atoms with van der Waals surface area (Å²) in [7, 11) is 1.99. The quantitative estimate of drug-likeness (QED) is 0.711. The van der Waals surface area contributed by atoms with Crippen LogP contribution in [0.3, 0.4) is 0 Å². The lowest BCUT2D eigenvalue weighted by atomic mass is 9.94. The topological polar surface area (TPSA) is 56.6 Å². The van der Waals surface area contributed by atoms with Gasteiger partial charge in [-0.25, -0.2) is 0 Å². The number of aryl methyl sites for hydroxylation is 1. The smallest absolute Gasteiger partial charge is 0.229 e. The standard InChI is InChI=1S/C22H36N8.ClH/c1-3-27-9-11-29(12-10-27)21-19-17-23-26(2)20(19)24-22(25-21)30-15-13-28(14-16-30)18-7-5-4-6-8-18;/h17-18H,3-16H2,1-2H3;1H. The second-order valence-corrected chi connectivity index (χ2v) is 9.09. The van der Waals surface area contributed by atoms with Crippen LogP contribution < -0.4 is 9.80 Å². The van der Waals surface area contributed by atoms with Crippen LogP contribution in [-0.2, 0) is 7.05 Å². The number of hydrogen-bond donors (Lipinski definition) is 0. The van der Waals surface area contributed by atoms with Crippen LogP contribution in [0.2, 0.25) is 0 Å². The number of hydrogen-bond acceptors (Lipinski definition) is 7. The highest BCUT2D eigenvalue weighted by Crippen LogP contribution is 2.29. The van der Waals surface area contributed by atoms with Gasteiger partial charge in [0.25, 0.3) is 0 Å². The summed E-state index contributed by atoms with van der Waals surface area (Å²) in [5, 5.41) is 5.57. The third-order valence-electron chi connectivity index (χ3n) is 7.37. The van der Waals surface area contributed by atoms with Gasteiger partial charge in [0.15, 0.2) is 5.65 Å². The summed E-state index contributed by atoms with van der Waals surface area (Å²) in [5.41, 5.74) is 0.947. The highest BCUT2D eigenvalue weighted by atomic mass is 35.5. The lowest BCUT2D eigenvalue weighted by Crippen LogP contribution is -2.51. The van der Waals surface area contributed by atoms with E-state index in [4.69, 9.17) is 9.97 Å². The number of nitrogens with zero attached hydrogens (tertiary/aromatic N) is 8. The van der Waals surface area contributed by atoms with Crippen molar-refractivity contribution in [2.75, 3.05) is 68.7 Å². The minimum atomic E-state index is 0. The SMILES string of the molecule is CCN1CCN(c2nc(N3CCN(C4CCCCC4)CC3)nc3c2cnn3C)CC1.Cl. The second kappa shape index (κ2) is 9.88. The van der Waals surface area contributed by atoms with Crippen molar-refractivity contribution in [1.82, 2.24) is 29.5 Å². The van der Waals surface area contributed by atoms with E-state index in [1.807, 2.05) is 17.9 Å². The fraction of sp³-hybridized carbons (Fsp3) is 0.773. The second-order valence-electron chi connectivity index (χ2n) is 9.09. The average molecular weight is 449 g/mol. The summed E-state index contributed by atoms with van der Waals surface area (Å²) in [6.07, 6.45) is 8.92. The molecule has 0 aromatic carbocycles. The highest BCUT2D eigenvalue weighted by molar-refractivity contribution is 5.88. The molecule has 31 heavy (non-hydrogen) atoms. The molecule has 1 aliphatic carbocycles. The Balaban J connectivity index is 0.00000231. The van der Waals surface area contributed by atoms with Crippen LogP contribution in [0, 0.1) is 0 Å². The van der Waals surface area contributed by atoms with Crippen molar-refractivity contribution >= 4 is 35.2 Å². The van der Waals surface area contributed by atoms with Gasteiger partial charge in [0.1, 0.15) is 5.82 Å². The monoisotopic (exact) mass is 448 g/mol. The van der Waals surface area contributed by atoms with Gasteiger partial charge < -0.3 is 14.7 Å². The van der Waals surface area contributed by atoms with Crippen molar-refractivity contribution in [3.05, 3.63) is 6.20 Å². The Bertz CT molecular complexity index is 849. The molecule has 5 rings (SSSR count). The molecular weight excluding hydrogens is 412 g/mol. The summed E-state index contributed by atoms with van der Waals surface area (Å²) >= 11 is 0. The van der Waals surface area contributed by atoms with E-state index in [0.717, 1.165) is 87.7 Å². The first kappa shape index (κ1) is 22.6. The van der Waals surface area contributed by atoms with Crippen molar-refractivity contribution in [1.29, 1.82) is 0 Å². The van der Waals surface area contributed by atoms with Crippen molar-refractivity contribution in [3.8, 4) is 0 Å². The van der Waals surface area contributed by atoms with Crippen LogP contribution in [0.25, 0.3) is 11.0 Å². The highest BCUT2D eigenvalue weighted by Gasteiger charge is 2.28. The summed E-state index contributed by atoms with van der Waals surface area (Å²) in [5.74, 6) is 1.94.